The van der Waals surface area contributed by atoms with Gasteiger partial charge in [0.1, 0.15) is 11.6 Å². The molecule has 9 heteroatoms. The highest BCUT2D eigenvalue weighted by Crippen LogP contribution is 2.36. The van der Waals surface area contributed by atoms with Crippen molar-refractivity contribution in [1.82, 2.24) is 9.80 Å². The number of benzene rings is 1. The van der Waals surface area contributed by atoms with Crippen LogP contribution < -0.4 is 15.2 Å². The number of guanidine groups is 1. The number of rotatable bonds is 4. The molecule has 1 aliphatic rings. The van der Waals surface area contributed by atoms with Crippen LogP contribution in [0.1, 0.15) is 22.5 Å². The van der Waals surface area contributed by atoms with Crippen LogP contribution >= 0.6 is 0 Å². The van der Waals surface area contributed by atoms with Gasteiger partial charge in [-0.05, 0) is 30.7 Å². The molecule has 0 spiro atoms. The highest BCUT2D eigenvalue weighted by atomic mass is 16.5. The van der Waals surface area contributed by atoms with E-state index in [-0.39, 0.29) is 17.4 Å². The first-order valence-electron chi connectivity index (χ1n) is 9.16. The molecule has 2 N–H and O–H groups in total. The number of ether oxygens (including phenoxy) is 2. The number of nitriles is 1. The third-order valence-corrected chi connectivity index (χ3v) is 4.71. The molecule has 9 nitrogen and oxygen atoms in total. The van der Waals surface area contributed by atoms with Crippen LogP contribution in [0.2, 0.25) is 0 Å². The Morgan fingerprint density at radius 3 is 2.59 bits per heavy atom. The second kappa shape index (κ2) is 9.01. The number of hydrogen-bond donors (Lipinski definition) is 1. The Bertz CT molecular complexity index is 933. The summed E-state index contributed by atoms with van der Waals surface area (Å²) in [6, 6.07) is 8.79. The smallest absolute Gasteiger partial charge is 0.289 e. The third kappa shape index (κ3) is 4.27. The van der Waals surface area contributed by atoms with Gasteiger partial charge in [0.2, 0.25) is 0 Å². The first kappa shape index (κ1) is 20.1. The van der Waals surface area contributed by atoms with E-state index in [0.717, 1.165) is 6.42 Å². The van der Waals surface area contributed by atoms with E-state index in [1.807, 2.05) is 4.90 Å². The topological polar surface area (TPSA) is 117 Å². The van der Waals surface area contributed by atoms with Crippen molar-refractivity contribution in [2.75, 3.05) is 40.4 Å². The maximum absolute atomic E-state index is 12.5. The predicted molar refractivity (Wildman–Crippen MR) is 106 cm³/mol. The fraction of sp³-hybridized carbons (Fsp3) is 0.350. The summed E-state index contributed by atoms with van der Waals surface area (Å²) in [5, 5.41) is 9.54. The van der Waals surface area contributed by atoms with Gasteiger partial charge in [0, 0.05) is 26.2 Å². The van der Waals surface area contributed by atoms with Crippen molar-refractivity contribution < 1.29 is 18.7 Å². The van der Waals surface area contributed by atoms with Crippen LogP contribution in [0, 0.1) is 11.3 Å². The number of hydrogen-bond acceptors (Lipinski definition) is 6. The van der Waals surface area contributed by atoms with E-state index >= 15 is 0 Å². The van der Waals surface area contributed by atoms with Crippen molar-refractivity contribution in [3.05, 3.63) is 41.9 Å². The Kier molecular flexibility index (Phi) is 6.24. The summed E-state index contributed by atoms with van der Waals surface area (Å²) in [5.41, 5.74) is 6.87. The zero-order valence-electron chi connectivity index (χ0n) is 16.4. The maximum Gasteiger partial charge on any atom is 0.289 e. The highest BCUT2D eigenvalue weighted by Gasteiger charge is 2.23. The number of furan rings is 1. The second-order valence-electron chi connectivity index (χ2n) is 6.39. The summed E-state index contributed by atoms with van der Waals surface area (Å²) >= 11 is 0. The van der Waals surface area contributed by atoms with Gasteiger partial charge in [-0.3, -0.25) is 4.79 Å². The van der Waals surface area contributed by atoms with E-state index in [1.54, 1.807) is 29.2 Å². The van der Waals surface area contributed by atoms with Gasteiger partial charge in [0.25, 0.3) is 5.91 Å². The molecule has 1 amide bonds. The van der Waals surface area contributed by atoms with Gasteiger partial charge < -0.3 is 29.4 Å². The second-order valence-corrected chi connectivity index (χ2v) is 6.39. The molecular formula is C20H23N5O4. The summed E-state index contributed by atoms with van der Waals surface area (Å²) in [7, 11) is 2.97. The summed E-state index contributed by atoms with van der Waals surface area (Å²) < 4.78 is 15.7. The Balaban J connectivity index is 1.77. The molecule has 1 aromatic heterocycles. The third-order valence-electron chi connectivity index (χ3n) is 4.71. The van der Waals surface area contributed by atoms with Gasteiger partial charge in [-0.25, -0.2) is 4.99 Å². The number of carbonyl (C=O) groups is 1. The molecule has 3 rings (SSSR count). The predicted octanol–water partition coefficient (Wildman–Crippen LogP) is 1.96. The molecule has 0 radical (unpaired) electrons. The van der Waals surface area contributed by atoms with Crippen molar-refractivity contribution in [3.8, 4) is 17.6 Å². The normalized spacial score (nSPS) is 14.9. The van der Waals surface area contributed by atoms with Gasteiger partial charge in [-0.2, -0.15) is 5.26 Å². The molecule has 1 aliphatic heterocycles. The largest absolute Gasteiger partial charge is 0.493 e. The van der Waals surface area contributed by atoms with Crippen LogP contribution in [0.5, 0.6) is 11.5 Å². The van der Waals surface area contributed by atoms with Crippen molar-refractivity contribution in [3.63, 3.8) is 0 Å². The SMILES string of the molecule is COc1ccc(N=C(N)N2CCCN(C(=O)c3ccco3)CC2)c(C#N)c1OC. The average Bonchev–Trinajstić information content (AvgIpc) is 3.17. The fourth-order valence-electron chi connectivity index (χ4n) is 3.22. The van der Waals surface area contributed by atoms with Crippen molar-refractivity contribution >= 4 is 17.6 Å². The van der Waals surface area contributed by atoms with Crippen LogP contribution in [-0.2, 0) is 0 Å². The number of methoxy groups -OCH3 is 2. The molecule has 0 saturated carbocycles. The molecule has 0 bridgehead atoms. The minimum Gasteiger partial charge on any atom is -0.493 e. The molecule has 1 fully saturated rings. The van der Waals surface area contributed by atoms with Crippen molar-refractivity contribution in [1.29, 1.82) is 5.26 Å². The van der Waals surface area contributed by atoms with E-state index in [0.29, 0.717) is 49.1 Å². The highest BCUT2D eigenvalue weighted by molar-refractivity contribution is 5.91. The first-order chi connectivity index (χ1) is 14.1. The Labute approximate surface area is 168 Å². The lowest BCUT2D eigenvalue weighted by Crippen LogP contribution is -2.40. The molecule has 2 aromatic rings. The van der Waals surface area contributed by atoms with E-state index < -0.39 is 0 Å². The number of nitrogens with two attached hydrogens (primary N) is 1. The Morgan fingerprint density at radius 2 is 1.93 bits per heavy atom. The molecule has 0 aliphatic carbocycles. The van der Waals surface area contributed by atoms with E-state index in [1.165, 1.54) is 20.5 Å². The molecule has 152 valence electrons. The summed E-state index contributed by atoms with van der Waals surface area (Å²) in [5.74, 6) is 1.22. The minimum absolute atomic E-state index is 0.140. The quantitative estimate of drug-likeness (QED) is 0.619. The van der Waals surface area contributed by atoms with Crippen LogP contribution in [0.15, 0.2) is 39.9 Å². The van der Waals surface area contributed by atoms with E-state index in [2.05, 4.69) is 11.1 Å². The zero-order chi connectivity index (χ0) is 20.8. The maximum atomic E-state index is 12.5. The van der Waals surface area contributed by atoms with Crippen LogP contribution in [0.3, 0.4) is 0 Å². The van der Waals surface area contributed by atoms with Crippen molar-refractivity contribution in [2.45, 2.75) is 6.42 Å². The van der Waals surface area contributed by atoms with Crippen LogP contribution in [0.25, 0.3) is 0 Å². The minimum atomic E-state index is -0.140. The number of amides is 1. The lowest BCUT2D eigenvalue weighted by atomic mass is 10.1. The Hall–Kier alpha value is -3.67. The van der Waals surface area contributed by atoms with Crippen LogP contribution in [-0.4, -0.2) is 62.1 Å². The van der Waals surface area contributed by atoms with Gasteiger partial charge in [-0.15, -0.1) is 0 Å². The molecule has 1 saturated heterocycles. The molecule has 0 unspecified atom stereocenters. The first-order valence-corrected chi connectivity index (χ1v) is 9.16. The van der Waals surface area contributed by atoms with Gasteiger partial charge in [-0.1, -0.05) is 0 Å². The molecule has 2 heterocycles. The van der Waals surface area contributed by atoms with Crippen LogP contribution in [0.4, 0.5) is 5.69 Å². The molecule has 1 aromatic carbocycles. The van der Waals surface area contributed by atoms with Gasteiger partial charge >= 0.3 is 0 Å². The molecule has 29 heavy (non-hydrogen) atoms. The van der Waals surface area contributed by atoms with Gasteiger partial charge in [0.15, 0.2) is 23.2 Å². The van der Waals surface area contributed by atoms with E-state index in [9.17, 15) is 10.1 Å². The van der Waals surface area contributed by atoms with E-state index in [4.69, 9.17) is 19.6 Å². The molecule has 0 atom stereocenters. The monoisotopic (exact) mass is 397 g/mol. The summed E-state index contributed by atoms with van der Waals surface area (Å²) in [6.45, 7) is 2.26. The number of aliphatic imine (C=N–C) groups is 1. The lowest BCUT2D eigenvalue weighted by Gasteiger charge is -2.22. The van der Waals surface area contributed by atoms with Gasteiger partial charge in [0.05, 0.1) is 26.2 Å². The Morgan fingerprint density at radius 1 is 1.17 bits per heavy atom. The zero-order valence-corrected chi connectivity index (χ0v) is 16.4. The fourth-order valence-corrected chi connectivity index (χ4v) is 3.22. The number of carbonyl (C=O) groups excluding carboxylic acids is 1. The van der Waals surface area contributed by atoms with Crippen molar-refractivity contribution in [2.24, 2.45) is 10.7 Å². The number of nitrogens with zero attached hydrogens (tertiary/aromatic N) is 4. The lowest BCUT2D eigenvalue weighted by molar-refractivity contribution is 0.0732. The average molecular weight is 397 g/mol. The standard InChI is InChI=1S/C20H23N5O4/c1-27-16-7-6-15(14(13-21)18(16)28-2)23-20(22)25-9-4-8-24(10-11-25)19(26)17-5-3-12-29-17/h3,5-7,12H,4,8-11H2,1-2H3,(H2,22,23). The summed E-state index contributed by atoms with van der Waals surface area (Å²) in [6.07, 6.45) is 2.22. The summed E-state index contributed by atoms with van der Waals surface area (Å²) in [4.78, 5) is 20.6. The molecular weight excluding hydrogens is 374 g/mol.